The maximum atomic E-state index is 11.9. The van der Waals surface area contributed by atoms with E-state index in [9.17, 15) is 9.59 Å². The van der Waals surface area contributed by atoms with Crippen molar-refractivity contribution in [1.29, 1.82) is 0 Å². The molecular weight excluding hydrogens is 226 g/mol. The fourth-order valence-electron chi connectivity index (χ4n) is 1.75. The van der Waals surface area contributed by atoms with Crippen molar-refractivity contribution in [3.63, 3.8) is 0 Å². The molecule has 1 atom stereocenters. The molecule has 0 aromatic carbocycles. The molecule has 0 saturated carbocycles. The largest absolute Gasteiger partial charge is 0.453 e. The standard InChI is InChI=1S/C9H13N5O3/c1-17-9(16)11-6-2-3-14(5-6)8(15)7-4-10-13-12-7/h4,6H,2-3,5H2,1H3,(H,11,16)(H,10,12,13). The van der Waals surface area contributed by atoms with E-state index in [0.717, 1.165) is 0 Å². The molecule has 17 heavy (non-hydrogen) atoms. The van der Waals surface area contributed by atoms with E-state index in [-0.39, 0.29) is 17.6 Å². The van der Waals surface area contributed by atoms with Gasteiger partial charge in [-0.1, -0.05) is 0 Å². The number of rotatable bonds is 2. The van der Waals surface area contributed by atoms with Gasteiger partial charge in [0.1, 0.15) is 0 Å². The minimum atomic E-state index is -0.481. The first-order chi connectivity index (χ1) is 8.20. The van der Waals surface area contributed by atoms with Crippen molar-refractivity contribution in [2.45, 2.75) is 12.5 Å². The molecule has 0 bridgehead atoms. The molecule has 1 unspecified atom stereocenters. The molecule has 92 valence electrons. The maximum absolute atomic E-state index is 11.9. The number of nitrogens with zero attached hydrogens (tertiary/aromatic N) is 3. The smallest absolute Gasteiger partial charge is 0.407 e. The Hall–Kier alpha value is -2.12. The topological polar surface area (TPSA) is 100 Å². The van der Waals surface area contributed by atoms with Crippen molar-refractivity contribution >= 4 is 12.0 Å². The number of ether oxygens (including phenoxy) is 1. The second-order valence-electron chi connectivity index (χ2n) is 3.73. The van der Waals surface area contributed by atoms with Crippen LogP contribution >= 0.6 is 0 Å². The van der Waals surface area contributed by atoms with Crippen LogP contribution in [0.1, 0.15) is 16.9 Å². The predicted molar refractivity (Wildman–Crippen MR) is 56.2 cm³/mol. The molecule has 8 nitrogen and oxygen atoms in total. The van der Waals surface area contributed by atoms with Crippen molar-refractivity contribution in [3.05, 3.63) is 11.9 Å². The lowest BCUT2D eigenvalue weighted by Gasteiger charge is -2.15. The first-order valence-electron chi connectivity index (χ1n) is 5.20. The highest BCUT2D eigenvalue weighted by Gasteiger charge is 2.29. The van der Waals surface area contributed by atoms with Gasteiger partial charge in [0.05, 0.1) is 19.3 Å². The lowest BCUT2D eigenvalue weighted by Crippen LogP contribution is -2.38. The van der Waals surface area contributed by atoms with Crippen molar-refractivity contribution in [3.8, 4) is 0 Å². The summed E-state index contributed by atoms with van der Waals surface area (Å²) in [7, 11) is 1.31. The average Bonchev–Trinajstić information content (AvgIpc) is 2.98. The predicted octanol–water partition coefficient (Wildman–Crippen LogP) is -0.625. The SMILES string of the molecule is COC(=O)NC1CCN(C(=O)c2cn[nH]n2)C1. The van der Waals surface area contributed by atoms with Gasteiger partial charge in [-0.15, -0.1) is 0 Å². The molecule has 1 aromatic heterocycles. The highest BCUT2D eigenvalue weighted by Crippen LogP contribution is 2.12. The number of hydrogen-bond donors (Lipinski definition) is 2. The lowest BCUT2D eigenvalue weighted by molar-refractivity contribution is 0.0782. The van der Waals surface area contributed by atoms with E-state index in [4.69, 9.17) is 0 Å². The summed E-state index contributed by atoms with van der Waals surface area (Å²) in [6, 6.07) is -0.0710. The van der Waals surface area contributed by atoms with Crippen LogP contribution in [0.25, 0.3) is 0 Å². The van der Waals surface area contributed by atoms with E-state index in [0.29, 0.717) is 19.5 Å². The number of nitrogens with one attached hydrogen (secondary N) is 2. The quantitative estimate of drug-likeness (QED) is 0.716. The summed E-state index contributed by atoms with van der Waals surface area (Å²) in [6.07, 6.45) is 1.60. The summed E-state index contributed by atoms with van der Waals surface area (Å²) in [5, 5.41) is 12.4. The summed E-state index contributed by atoms with van der Waals surface area (Å²) < 4.78 is 4.50. The van der Waals surface area contributed by atoms with Crippen LogP contribution in [0.5, 0.6) is 0 Å². The van der Waals surface area contributed by atoms with Crippen LogP contribution in [0.15, 0.2) is 6.20 Å². The van der Waals surface area contributed by atoms with Gasteiger partial charge < -0.3 is 15.0 Å². The van der Waals surface area contributed by atoms with Gasteiger partial charge in [0.2, 0.25) is 0 Å². The minimum absolute atomic E-state index is 0.0710. The summed E-state index contributed by atoms with van der Waals surface area (Å²) in [6.45, 7) is 1.04. The molecule has 1 aromatic rings. The number of likely N-dealkylation sites (tertiary alicyclic amines) is 1. The highest BCUT2D eigenvalue weighted by atomic mass is 16.5. The van der Waals surface area contributed by atoms with Gasteiger partial charge in [-0.3, -0.25) is 4.79 Å². The summed E-state index contributed by atoms with van der Waals surface area (Å²) >= 11 is 0. The van der Waals surface area contributed by atoms with Gasteiger partial charge in [-0.2, -0.15) is 15.4 Å². The maximum Gasteiger partial charge on any atom is 0.407 e. The number of carbonyl (C=O) groups excluding carboxylic acids is 2. The molecule has 2 amide bonds. The van der Waals surface area contributed by atoms with Crippen LogP contribution in [0.2, 0.25) is 0 Å². The van der Waals surface area contributed by atoms with E-state index in [1.54, 1.807) is 4.90 Å². The Morgan fingerprint density at radius 1 is 1.65 bits per heavy atom. The van der Waals surface area contributed by atoms with E-state index in [1.807, 2.05) is 0 Å². The molecule has 1 aliphatic rings. The van der Waals surface area contributed by atoms with E-state index in [2.05, 4.69) is 25.5 Å². The molecule has 8 heteroatoms. The number of H-pyrrole nitrogens is 1. The Kier molecular flexibility index (Phi) is 3.22. The van der Waals surface area contributed by atoms with Crippen molar-refractivity contribution in [2.75, 3.05) is 20.2 Å². The lowest BCUT2D eigenvalue weighted by atomic mass is 10.3. The third-order valence-electron chi connectivity index (χ3n) is 2.62. The Morgan fingerprint density at radius 2 is 2.47 bits per heavy atom. The van der Waals surface area contributed by atoms with Gasteiger partial charge in [-0.05, 0) is 6.42 Å². The van der Waals surface area contributed by atoms with Crippen LogP contribution in [0, 0.1) is 0 Å². The molecule has 0 aliphatic carbocycles. The fourth-order valence-corrected chi connectivity index (χ4v) is 1.75. The van der Waals surface area contributed by atoms with Crippen LogP contribution < -0.4 is 5.32 Å². The van der Waals surface area contributed by atoms with Gasteiger partial charge in [0.25, 0.3) is 5.91 Å². The Morgan fingerprint density at radius 3 is 3.12 bits per heavy atom. The minimum Gasteiger partial charge on any atom is -0.453 e. The van der Waals surface area contributed by atoms with Gasteiger partial charge in [0, 0.05) is 13.1 Å². The molecule has 1 fully saturated rings. The zero-order valence-corrected chi connectivity index (χ0v) is 9.34. The van der Waals surface area contributed by atoms with Crippen molar-refractivity contribution in [2.24, 2.45) is 0 Å². The number of aromatic amines is 1. The zero-order valence-electron chi connectivity index (χ0n) is 9.34. The van der Waals surface area contributed by atoms with E-state index in [1.165, 1.54) is 13.3 Å². The fraction of sp³-hybridized carbons (Fsp3) is 0.556. The molecular formula is C9H13N5O3. The summed E-state index contributed by atoms with van der Waals surface area (Å²) in [5.41, 5.74) is 0.281. The van der Waals surface area contributed by atoms with E-state index >= 15 is 0 Å². The number of amides is 2. The Balaban J connectivity index is 1.90. The van der Waals surface area contributed by atoms with E-state index < -0.39 is 6.09 Å². The monoisotopic (exact) mass is 239 g/mol. The second-order valence-corrected chi connectivity index (χ2v) is 3.73. The molecule has 1 saturated heterocycles. The average molecular weight is 239 g/mol. The van der Waals surface area contributed by atoms with Crippen LogP contribution in [0.3, 0.4) is 0 Å². The third kappa shape index (κ3) is 2.52. The van der Waals surface area contributed by atoms with Crippen LogP contribution in [0.4, 0.5) is 4.79 Å². The number of hydrogen-bond acceptors (Lipinski definition) is 5. The van der Waals surface area contributed by atoms with Gasteiger partial charge >= 0.3 is 6.09 Å². The summed E-state index contributed by atoms with van der Waals surface area (Å²) in [5.74, 6) is -0.187. The second kappa shape index (κ2) is 4.81. The number of methoxy groups -OCH3 is 1. The van der Waals surface area contributed by atoms with Gasteiger partial charge in [0.15, 0.2) is 5.69 Å². The molecule has 0 spiro atoms. The number of alkyl carbamates (subject to hydrolysis) is 1. The number of aromatic nitrogens is 3. The molecule has 2 heterocycles. The zero-order chi connectivity index (χ0) is 12.3. The first kappa shape index (κ1) is 11.4. The normalized spacial score (nSPS) is 19.1. The first-order valence-corrected chi connectivity index (χ1v) is 5.20. The van der Waals surface area contributed by atoms with Crippen molar-refractivity contribution in [1.82, 2.24) is 25.6 Å². The molecule has 0 radical (unpaired) electrons. The number of carbonyl (C=O) groups is 2. The molecule has 2 N–H and O–H groups in total. The Bertz CT molecular complexity index is 405. The highest BCUT2D eigenvalue weighted by molar-refractivity contribution is 5.92. The van der Waals surface area contributed by atoms with Crippen molar-refractivity contribution < 1.29 is 14.3 Å². The van der Waals surface area contributed by atoms with Gasteiger partial charge in [-0.25, -0.2) is 4.79 Å². The van der Waals surface area contributed by atoms with Crippen LogP contribution in [-0.4, -0.2) is 58.6 Å². The third-order valence-corrected chi connectivity index (χ3v) is 2.62. The summed E-state index contributed by atoms with van der Waals surface area (Å²) in [4.78, 5) is 24.5. The Labute approximate surface area is 97.3 Å². The molecule has 2 rings (SSSR count). The molecule has 1 aliphatic heterocycles. The van der Waals surface area contributed by atoms with Crippen LogP contribution in [-0.2, 0) is 4.74 Å².